The van der Waals surface area contributed by atoms with Gasteiger partial charge in [0.25, 0.3) is 0 Å². The maximum atomic E-state index is 9.98. The summed E-state index contributed by atoms with van der Waals surface area (Å²) >= 11 is 0. The molecule has 1 spiro atoms. The van der Waals surface area contributed by atoms with Crippen LogP contribution in [0.3, 0.4) is 0 Å². The van der Waals surface area contributed by atoms with E-state index in [0.29, 0.717) is 6.04 Å². The lowest BCUT2D eigenvalue weighted by molar-refractivity contribution is 0.00927. The van der Waals surface area contributed by atoms with Crippen LogP contribution in [0.4, 0.5) is 0 Å². The summed E-state index contributed by atoms with van der Waals surface area (Å²) in [7, 11) is 1.70. The van der Waals surface area contributed by atoms with Crippen LogP contribution in [0.1, 0.15) is 32.1 Å². The number of methoxy groups -OCH3 is 1. The molecule has 0 aromatic rings. The number of nitrogens with two attached hydrogens (primary N) is 1. The maximum Gasteiger partial charge on any atom is 0.0836 e. The van der Waals surface area contributed by atoms with Crippen LogP contribution in [0.25, 0.3) is 0 Å². The highest BCUT2D eigenvalue weighted by Crippen LogP contribution is 2.62. The molecule has 3 aliphatic carbocycles. The Morgan fingerprint density at radius 2 is 2.13 bits per heavy atom. The first-order valence-electron chi connectivity index (χ1n) is 6.14. The molecule has 0 heterocycles. The Morgan fingerprint density at radius 1 is 1.33 bits per heavy atom. The molecular weight excluding hydrogens is 190 g/mol. The first-order valence-corrected chi connectivity index (χ1v) is 6.14. The van der Waals surface area contributed by atoms with Gasteiger partial charge in [0.1, 0.15) is 0 Å². The van der Waals surface area contributed by atoms with Crippen molar-refractivity contribution in [3.8, 4) is 0 Å². The summed E-state index contributed by atoms with van der Waals surface area (Å²) < 4.78 is 5.36. The van der Waals surface area contributed by atoms with E-state index in [0.717, 1.165) is 24.7 Å². The molecule has 3 fully saturated rings. The largest absolute Gasteiger partial charge is 0.390 e. The molecular formula is C12H21NO2. The molecule has 6 atom stereocenters. The fraction of sp³-hybridized carbons (Fsp3) is 1.00. The van der Waals surface area contributed by atoms with Crippen LogP contribution < -0.4 is 5.73 Å². The second-order valence-electron chi connectivity index (χ2n) is 5.78. The first-order chi connectivity index (χ1) is 7.17. The third kappa shape index (κ3) is 1.17. The van der Waals surface area contributed by atoms with E-state index in [9.17, 15) is 5.11 Å². The molecule has 0 aliphatic heterocycles. The molecule has 0 radical (unpaired) electrons. The van der Waals surface area contributed by atoms with Gasteiger partial charge in [-0.3, -0.25) is 0 Å². The van der Waals surface area contributed by atoms with Gasteiger partial charge in [0.15, 0.2) is 0 Å². The molecule has 0 aromatic carbocycles. The highest BCUT2D eigenvalue weighted by atomic mass is 16.5. The molecule has 0 unspecified atom stereocenters. The number of rotatable bonds is 1. The molecule has 3 heteroatoms. The zero-order chi connectivity index (χ0) is 10.6. The second-order valence-corrected chi connectivity index (χ2v) is 5.78. The lowest BCUT2D eigenvalue weighted by Crippen LogP contribution is -2.45. The number of ether oxygens (including phenoxy) is 1. The van der Waals surface area contributed by atoms with Crippen molar-refractivity contribution in [3.05, 3.63) is 0 Å². The number of aliphatic hydroxyl groups is 1. The maximum absolute atomic E-state index is 9.98. The van der Waals surface area contributed by atoms with Crippen molar-refractivity contribution >= 4 is 0 Å². The zero-order valence-electron chi connectivity index (χ0n) is 9.36. The number of fused-ring (bicyclic) bond motifs is 3. The third-order valence-corrected chi connectivity index (χ3v) is 5.36. The molecule has 3 aliphatic rings. The van der Waals surface area contributed by atoms with Crippen LogP contribution >= 0.6 is 0 Å². The van der Waals surface area contributed by atoms with E-state index in [-0.39, 0.29) is 17.6 Å². The van der Waals surface area contributed by atoms with Gasteiger partial charge in [0, 0.05) is 13.2 Å². The third-order valence-electron chi connectivity index (χ3n) is 5.36. The van der Waals surface area contributed by atoms with E-state index in [1.807, 2.05) is 0 Å². The zero-order valence-corrected chi connectivity index (χ0v) is 9.36. The van der Waals surface area contributed by atoms with E-state index in [4.69, 9.17) is 10.5 Å². The molecule has 3 saturated carbocycles. The van der Waals surface area contributed by atoms with Crippen LogP contribution in [0, 0.1) is 17.3 Å². The summed E-state index contributed by atoms with van der Waals surface area (Å²) in [5.41, 5.74) is 6.58. The van der Waals surface area contributed by atoms with Crippen molar-refractivity contribution in [2.24, 2.45) is 23.0 Å². The molecule has 0 saturated heterocycles. The van der Waals surface area contributed by atoms with Crippen molar-refractivity contribution in [2.45, 2.75) is 50.4 Å². The lowest BCUT2D eigenvalue weighted by atomic mass is 9.69. The van der Waals surface area contributed by atoms with E-state index in [1.54, 1.807) is 7.11 Å². The Balaban J connectivity index is 1.86. The number of hydrogen-bond acceptors (Lipinski definition) is 3. The molecule has 2 bridgehead atoms. The first kappa shape index (κ1) is 10.1. The molecule has 15 heavy (non-hydrogen) atoms. The smallest absolute Gasteiger partial charge is 0.0836 e. The monoisotopic (exact) mass is 211 g/mol. The molecule has 3 nitrogen and oxygen atoms in total. The number of hydrogen-bond donors (Lipinski definition) is 2. The average molecular weight is 211 g/mol. The van der Waals surface area contributed by atoms with Gasteiger partial charge in [0.2, 0.25) is 0 Å². The summed E-state index contributed by atoms with van der Waals surface area (Å²) in [4.78, 5) is 0. The molecule has 3 N–H and O–H groups in total. The van der Waals surface area contributed by atoms with Gasteiger partial charge < -0.3 is 15.6 Å². The highest BCUT2D eigenvalue weighted by molar-refractivity contribution is 5.13. The fourth-order valence-corrected chi connectivity index (χ4v) is 4.57. The van der Waals surface area contributed by atoms with Gasteiger partial charge in [0.05, 0.1) is 12.2 Å². The van der Waals surface area contributed by atoms with Crippen molar-refractivity contribution in [2.75, 3.05) is 7.11 Å². The Morgan fingerprint density at radius 3 is 2.67 bits per heavy atom. The van der Waals surface area contributed by atoms with Crippen LogP contribution in [0.5, 0.6) is 0 Å². The molecule has 0 amide bonds. The van der Waals surface area contributed by atoms with Crippen LogP contribution in [0.15, 0.2) is 0 Å². The van der Waals surface area contributed by atoms with Crippen LogP contribution in [0.2, 0.25) is 0 Å². The van der Waals surface area contributed by atoms with Gasteiger partial charge >= 0.3 is 0 Å². The van der Waals surface area contributed by atoms with Crippen molar-refractivity contribution in [1.29, 1.82) is 0 Å². The standard InChI is InChI=1S/C12H21NO2/c1-15-10-6-12(5-9(10)14)8-3-2-7(4-8)11(12)13/h7-11,14H,2-6,13H2,1H3/t7-,8+,9-,10-,11-,12-/m0/s1. The predicted molar refractivity (Wildman–Crippen MR) is 57.3 cm³/mol. The van der Waals surface area contributed by atoms with Crippen LogP contribution in [-0.2, 0) is 4.74 Å². The van der Waals surface area contributed by atoms with Gasteiger partial charge in [-0.25, -0.2) is 0 Å². The highest BCUT2D eigenvalue weighted by Gasteiger charge is 2.61. The van der Waals surface area contributed by atoms with Gasteiger partial charge in [-0.1, -0.05) is 0 Å². The normalized spacial score (nSPS) is 58.2. The Labute approximate surface area is 91.0 Å². The van der Waals surface area contributed by atoms with Gasteiger partial charge in [-0.05, 0) is 49.4 Å². The Bertz CT molecular complexity index is 266. The topological polar surface area (TPSA) is 55.5 Å². The van der Waals surface area contributed by atoms with E-state index < -0.39 is 0 Å². The minimum atomic E-state index is -0.291. The summed E-state index contributed by atoms with van der Waals surface area (Å²) in [6.07, 6.45) is 5.50. The summed E-state index contributed by atoms with van der Waals surface area (Å²) in [5, 5.41) is 9.98. The predicted octanol–water partition coefficient (Wildman–Crippen LogP) is 0.900. The summed E-state index contributed by atoms with van der Waals surface area (Å²) in [6.45, 7) is 0. The van der Waals surface area contributed by atoms with Crippen LogP contribution in [-0.4, -0.2) is 30.5 Å². The molecule has 0 aromatic heterocycles. The van der Waals surface area contributed by atoms with E-state index in [1.165, 1.54) is 19.3 Å². The van der Waals surface area contributed by atoms with Crippen molar-refractivity contribution in [3.63, 3.8) is 0 Å². The van der Waals surface area contributed by atoms with Crippen molar-refractivity contribution < 1.29 is 9.84 Å². The number of aliphatic hydroxyl groups excluding tert-OH is 1. The van der Waals surface area contributed by atoms with E-state index in [2.05, 4.69) is 0 Å². The minimum absolute atomic E-state index is 0.0235. The Kier molecular flexibility index (Phi) is 2.14. The minimum Gasteiger partial charge on any atom is -0.390 e. The average Bonchev–Trinajstić information content (AvgIpc) is 2.85. The fourth-order valence-electron chi connectivity index (χ4n) is 4.57. The van der Waals surface area contributed by atoms with Gasteiger partial charge in [-0.2, -0.15) is 0 Å². The van der Waals surface area contributed by atoms with Crippen molar-refractivity contribution in [1.82, 2.24) is 0 Å². The summed E-state index contributed by atoms with van der Waals surface area (Å²) in [6, 6.07) is 0.311. The quantitative estimate of drug-likeness (QED) is 0.677. The SMILES string of the molecule is CO[C@H]1C[C@@]2(C[C@@H]1O)[C@@H]1CC[C@@H](C1)[C@@H]2N. The lowest BCUT2D eigenvalue weighted by Gasteiger charge is -2.39. The summed E-state index contributed by atoms with van der Waals surface area (Å²) in [5.74, 6) is 1.48. The molecule has 86 valence electrons. The Hall–Kier alpha value is -0.120. The second kappa shape index (κ2) is 3.19. The van der Waals surface area contributed by atoms with Gasteiger partial charge in [-0.15, -0.1) is 0 Å². The molecule has 3 rings (SSSR count). The van der Waals surface area contributed by atoms with E-state index >= 15 is 0 Å².